The number of hydrogen-bond acceptors (Lipinski definition) is 4. The van der Waals surface area contributed by atoms with Crippen LogP contribution in [0.25, 0.3) is 5.69 Å². The minimum absolute atomic E-state index is 0.0770. The van der Waals surface area contributed by atoms with Gasteiger partial charge in [-0.1, -0.05) is 30.3 Å². The minimum Gasteiger partial charge on any atom is -0.497 e. The van der Waals surface area contributed by atoms with Crippen LogP contribution < -0.4 is 4.74 Å². The van der Waals surface area contributed by atoms with E-state index in [2.05, 4.69) is 22.1 Å². The summed E-state index contributed by atoms with van der Waals surface area (Å²) in [5.74, 6) is 0.955. The van der Waals surface area contributed by atoms with Crippen LogP contribution in [0, 0.1) is 13.8 Å². The fraction of sp³-hybridized carbons (Fsp3) is 0.333. The quantitative estimate of drug-likeness (QED) is 0.654. The summed E-state index contributed by atoms with van der Waals surface area (Å²) in [5.41, 5.74) is 4.59. The Bertz CT molecular complexity index is 1020. The molecule has 6 nitrogen and oxygen atoms in total. The molecule has 3 aromatic rings. The van der Waals surface area contributed by atoms with Gasteiger partial charge in [-0.2, -0.15) is 5.10 Å². The largest absolute Gasteiger partial charge is 0.497 e. The number of carbonyl (C=O) groups is 1. The van der Waals surface area contributed by atoms with E-state index in [4.69, 9.17) is 4.74 Å². The van der Waals surface area contributed by atoms with Crippen molar-refractivity contribution in [3.8, 4) is 11.4 Å². The van der Waals surface area contributed by atoms with Gasteiger partial charge in [0.1, 0.15) is 5.75 Å². The fourth-order valence-electron chi connectivity index (χ4n) is 4.07. The number of aromatic nitrogens is 2. The van der Waals surface area contributed by atoms with E-state index in [9.17, 15) is 4.79 Å². The van der Waals surface area contributed by atoms with Crippen molar-refractivity contribution in [2.75, 3.05) is 33.3 Å². The van der Waals surface area contributed by atoms with Gasteiger partial charge in [-0.15, -0.1) is 0 Å². The van der Waals surface area contributed by atoms with Crippen LogP contribution in [-0.2, 0) is 6.54 Å². The lowest BCUT2D eigenvalue weighted by molar-refractivity contribution is 0.0627. The number of methoxy groups -OCH3 is 1. The molecule has 0 aliphatic carbocycles. The number of rotatable bonds is 5. The summed E-state index contributed by atoms with van der Waals surface area (Å²) in [6, 6.07) is 18.1. The van der Waals surface area contributed by atoms with Gasteiger partial charge in [0.25, 0.3) is 5.91 Å². The Balaban J connectivity index is 1.43. The number of para-hydroxylation sites is 1. The Kier molecular flexibility index (Phi) is 5.86. The first kappa shape index (κ1) is 20.2. The number of hydrogen-bond donors (Lipinski definition) is 0. The number of aryl methyl sites for hydroxylation is 1. The molecule has 0 spiro atoms. The molecule has 4 rings (SSSR count). The van der Waals surface area contributed by atoms with Crippen molar-refractivity contribution in [1.29, 1.82) is 0 Å². The highest BCUT2D eigenvalue weighted by Gasteiger charge is 2.27. The van der Waals surface area contributed by atoms with E-state index < -0.39 is 0 Å². The van der Waals surface area contributed by atoms with Crippen LogP contribution in [0.1, 0.15) is 27.3 Å². The summed E-state index contributed by atoms with van der Waals surface area (Å²) in [6.07, 6.45) is 0. The first-order valence-corrected chi connectivity index (χ1v) is 10.3. The van der Waals surface area contributed by atoms with Crippen molar-refractivity contribution in [1.82, 2.24) is 19.6 Å². The second kappa shape index (κ2) is 8.71. The molecule has 1 saturated heterocycles. The van der Waals surface area contributed by atoms with E-state index in [1.54, 1.807) is 7.11 Å². The molecule has 0 atom stereocenters. The third-order valence-electron chi connectivity index (χ3n) is 5.71. The molecule has 2 heterocycles. The molecule has 0 radical (unpaired) electrons. The van der Waals surface area contributed by atoms with Crippen LogP contribution in [0.2, 0.25) is 0 Å². The minimum atomic E-state index is 0.0770. The molecule has 1 fully saturated rings. The molecule has 2 aromatic carbocycles. The Morgan fingerprint density at radius 3 is 2.43 bits per heavy atom. The predicted molar refractivity (Wildman–Crippen MR) is 117 cm³/mol. The standard InChI is InChI=1S/C24H28N4O2/c1-18-23(19(2)28(25-18)21-9-5-4-6-10-21)24(29)27-14-12-26(13-15-27)17-20-8-7-11-22(16-20)30-3/h4-11,16H,12-15,17H2,1-3H3. The van der Waals surface area contributed by atoms with E-state index in [1.165, 1.54) is 5.56 Å². The van der Waals surface area contributed by atoms with Crippen molar-refractivity contribution in [3.05, 3.63) is 77.1 Å². The zero-order chi connectivity index (χ0) is 21.1. The molecule has 1 aliphatic heterocycles. The predicted octanol–water partition coefficient (Wildman–Crippen LogP) is 3.46. The van der Waals surface area contributed by atoms with Crippen LogP contribution in [0.3, 0.4) is 0 Å². The zero-order valence-electron chi connectivity index (χ0n) is 17.8. The van der Waals surface area contributed by atoms with Crippen LogP contribution in [0.5, 0.6) is 5.75 Å². The molecule has 156 valence electrons. The molecule has 1 aromatic heterocycles. The van der Waals surface area contributed by atoms with Gasteiger partial charge in [-0.05, 0) is 43.7 Å². The number of piperazine rings is 1. The molecular weight excluding hydrogens is 376 g/mol. The number of carbonyl (C=O) groups excluding carboxylic acids is 1. The molecule has 30 heavy (non-hydrogen) atoms. The number of benzene rings is 2. The van der Waals surface area contributed by atoms with Gasteiger partial charge in [0.15, 0.2) is 0 Å². The van der Waals surface area contributed by atoms with Gasteiger partial charge in [-0.3, -0.25) is 9.69 Å². The van der Waals surface area contributed by atoms with Gasteiger partial charge in [0, 0.05) is 32.7 Å². The Labute approximate surface area is 177 Å². The van der Waals surface area contributed by atoms with Crippen molar-refractivity contribution >= 4 is 5.91 Å². The summed E-state index contributed by atoms with van der Waals surface area (Å²) >= 11 is 0. The summed E-state index contributed by atoms with van der Waals surface area (Å²) in [5, 5.41) is 4.63. The van der Waals surface area contributed by atoms with Crippen LogP contribution in [-0.4, -0.2) is 58.8 Å². The number of amides is 1. The highest BCUT2D eigenvalue weighted by molar-refractivity contribution is 5.96. The third kappa shape index (κ3) is 4.09. The van der Waals surface area contributed by atoms with E-state index in [0.29, 0.717) is 0 Å². The normalized spacial score (nSPS) is 14.7. The molecule has 1 aliphatic rings. The maximum Gasteiger partial charge on any atom is 0.257 e. The van der Waals surface area contributed by atoms with Crippen molar-refractivity contribution in [3.63, 3.8) is 0 Å². The lowest BCUT2D eigenvalue weighted by Gasteiger charge is -2.34. The Morgan fingerprint density at radius 2 is 1.73 bits per heavy atom. The van der Waals surface area contributed by atoms with Crippen LogP contribution in [0.4, 0.5) is 0 Å². The first-order valence-electron chi connectivity index (χ1n) is 10.3. The molecule has 0 bridgehead atoms. The summed E-state index contributed by atoms with van der Waals surface area (Å²) < 4.78 is 7.18. The van der Waals surface area contributed by atoms with Crippen LogP contribution in [0.15, 0.2) is 54.6 Å². The van der Waals surface area contributed by atoms with Crippen molar-refractivity contribution in [2.45, 2.75) is 20.4 Å². The average molecular weight is 405 g/mol. The van der Waals surface area contributed by atoms with E-state index in [0.717, 1.165) is 61.1 Å². The Morgan fingerprint density at radius 1 is 1.00 bits per heavy atom. The maximum absolute atomic E-state index is 13.3. The lowest BCUT2D eigenvalue weighted by Crippen LogP contribution is -2.48. The van der Waals surface area contributed by atoms with Gasteiger partial charge in [0.05, 0.1) is 29.7 Å². The molecule has 6 heteroatoms. The zero-order valence-corrected chi connectivity index (χ0v) is 17.8. The van der Waals surface area contributed by atoms with Gasteiger partial charge in [-0.25, -0.2) is 4.68 Å². The Hall–Kier alpha value is -3.12. The number of ether oxygens (including phenoxy) is 1. The van der Waals surface area contributed by atoms with Crippen molar-refractivity contribution < 1.29 is 9.53 Å². The van der Waals surface area contributed by atoms with Gasteiger partial charge >= 0.3 is 0 Å². The van der Waals surface area contributed by atoms with Crippen LogP contribution >= 0.6 is 0 Å². The summed E-state index contributed by atoms with van der Waals surface area (Å²) in [4.78, 5) is 17.6. The summed E-state index contributed by atoms with van der Waals surface area (Å²) in [7, 11) is 1.69. The number of nitrogens with zero attached hydrogens (tertiary/aromatic N) is 4. The highest BCUT2D eigenvalue weighted by Crippen LogP contribution is 2.21. The average Bonchev–Trinajstić information content (AvgIpc) is 3.08. The molecule has 0 unspecified atom stereocenters. The van der Waals surface area contributed by atoms with E-state index in [-0.39, 0.29) is 5.91 Å². The summed E-state index contributed by atoms with van der Waals surface area (Å²) in [6.45, 7) is 7.90. The van der Waals surface area contributed by atoms with E-state index in [1.807, 2.05) is 65.9 Å². The first-order chi connectivity index (χ1) is 14.6. The van der Waals surface area contributed by atoms with Gasteiger partial charge < -0.3 is 9.64 Å². The smallest absolute Gasteiger partial charge is 0.257 e. The maximum atomic E-state index is 13.3. The topological polar surface area (TPSA) is 50.6 Å². The third-order valence-corrected chi connectivity index (χ3v) is 5.71. The molecule has 0 N–H and O–H groups in total. The van der Waals surface area contributed by atoms with Gasteiger partial charge in [0.2, 0.25) is 0 Å². The SMILES string of the molecule is COc1cccc(CN2CCN(C(=O)c3c(C)nn(-c4ccccc4)c3C)CC2)c1. The lowest BCUT2D eigenvalue weighted by atomic mass is 10.1. The molecule has 0 saturated carbocycles. The fourth-order valence-corrected chi connectivity index (χ4v) is 4.07. The van der Waals surface area contributed by atoms with Crippen molar-refractivity contribution in [2.24, 2.45) is 0 Å². The monoisotopic (exact) mass is 404 g/mol. The second-order valence-corrected chi connectivity index (χ2v) is 7.71. The second-order valence-electron chi connectivity index (χ2n) is 7.71. The highest BCUT2D eigenvalue weighted by atomic mass is 16.5. The molecule has 1 amide bonds. The molecular formula is C24H28N4O2. The van der Waals surface area contributed by atoms with E-state index >= 15 is 0 Å².